The lowest BCUT2D eigenvalue weighted by Crippen LogP contribution is -2.41. The molecule has 3 aromatic rings. The van der Waals surface area contributed by atoms with Crippen molar-refractivity contribution in [3.8, 4) is 17.2 Å². The number of imidazole rings is 1. The lowest BCUT2D eigenvalue weighted by Gasteiger charge is -2.34. The van der Waals surface area contributed by atoms with Crippen molar-refractivity contribution in [3.05, 3.63) is 35.7 Å². The van der Waals surface area contributed by atoms with Crippen LogP contribution in [0.25, 0.3) is 11.0 Å². The van der Waals surface area contributed by atoms with Gasteiger partial charge in [0.05, 0.1) is 36.5 Å². The third-order valence-electron chi connectivity index (χ3n) is 5.50. The number of aromatic amines is 1. The maximum Gasteiger partial charge on any atom is 0.322 e. The molecule has 1 N–H and O–H groups in total. The largest absolute Gasteiger partial charge is 0.609 e. The van der Waals surface area contributed by atoms with Crippen LogP contribution in [-0.4, -0.2) is 51.9 Å². The highest BCUT2D eigenvalue weighted by atomic mass is 32.2. The fraction of sp³-hybridized carbons (Fsp3) is 0.455. The van der Waals surface area contributed by atoms with Gasteiger partial charge in [-0.15, -0.1) is 0 Å². The summed E-state index contributed by atoms with van der Waals surface area (Å²) < 4.78 is 41.2. The maximum absolute atomic E-state index is 13.0. The van der Waals surface area contributed by atoms with Crippen LogP contribution in [0.4, 0.5) is 0 Å². The number of H-pyrrole nitrogens is 1. The minimum atomic E-state index is -1.41. The normalized spacial score (nSPS) is 18.8. The first-order valence-corrected chi connectivity index (χ1v) is 11.7. The van der Waals surface area contributed by atoms with E-state index in [4.69, 9.17) is 23.7 Å². The first kappa shape index (κ1) is 21.3. The Labute approximate surface area is 188 Å². The van der Waals surface area contributed by atoms with Crippen LogP contribution in [0.2, 0.25) is 0 Å². The zero-order valence-electron chi connectivity index (χ0n) is 18.2. The van der Waals surface area contributed by atoms with Crippen LogP contribution in [-0.2, 0) is 26.4 Å². The number of hydrogen-bond donors (Lipinski definition) is 1. The Bertz CT molecular complexity index is 1080. The molecular weight excluding hydrogens is 434 g/mol. The van der Waals surface area contributed by atoms with Gasteiger partial charge in [0.1, 0.15) is 5.75 Å². The zero-order valence-corrected chi connectivity index (χ0v) is 19.0. The van der Waals surface area contributed by atoms with E-state index in [2.05, 4.69) is 15.0 Å². The van der Waals surface area contributed by atoms with Crippen molar-refractivity contribution in [2.45, 2.75) is 37.5 Å². The van der Waals surface area contributed by atoms with Gasteiger partial charge < -0.3 is 28.2 Å². The van der Waals surface area contributed by atoms with E-state index in [1.165, 1.54) is 0 Å². The fourth-order valence-corrected chi connectivity index (χ4v) is 4.67. The van der Waals surface area contributed by atoms with Crippen molar-refractivity contribution < 1.29 is 28.2 Å². The van der Waals surface area contributed by atoms with Gasteiger partial charge in [0.25, 0.3) is 0 Å². The SMILES string of the molecule is Cc1c(OCC2COC(C)(C)OC2)ccnc1C[S+]([O-])c1nc2cc3c(cc2[nH]1)OCO3. The first-order chi connectivity index (χ1) is 15.4. The molecule has 170 valence electrons. The van der Waals surface area contributed by atoms with Gasteiger partial charge in [-0.3, -0.25) is 9.97 Å². The standard InChI is InChI=1S/C22H25N3O6S/c1-13-17(23-5-4-18(13)27-8-14-9-30-22(2,3)31-10-14)11-32(26)21-24-15-6-19-20(29-12-28-19)7-16(15)25-21/h4-7,14H,8-12H2,1-3H3,(H,24,25). The van der Waals surface area contributed by atoms with Gasteiger partial charge >= 0.3 is 5.16 Å². The number of fused-ring (bicyclic) bond motifs is 2. The molecule has 1 saturated heterocycles. The lowest BCUT2D eigenvalue weighted by atomic mass is 10.1. The van der Waals surface area contributed by atoms with E-state index < -0.39 is 17.0 Å². The van der Waals surface area contributed by atoms with Crippen LogP contribution in [0.15, 0.2) is 29.6 Å². The second-order valence-corrected chi connectivity index (χ2v) is 9.70. The Morgan fingerprint density at radius 3 is 2.75 bits per heavy atom. The molecule has 1 atom stereocenters. The van der Waals surface area contributed by atoms with Gasteiger partial charge in [-0.1, -0.05) is 0 Å². The molecule has 2 aliphatic heterocycles. The number of nitrogens with zero attached hydrogens (tertiary/aromatic N) is 2. The van der Waals surface area contributed by atoms with Gasteiger partial charge in [-0.25, -0.2) is 0 Å². The van der Waals surface area contributed by atoms with E-state index in [1.807, 2.05) is 32.9 Å². The minimum absolute atomic E-state index is 0.151. The van der Waals surface area contributed by atoms with E-state index >= 15 is 0 Å². The molecule has 1 unspecified atom stereocenters. The van der Waals surface area contributed by atoms with Gasteiger partial charge in [-0.05, 0) is 26.8 Å². The molecule has 0 bridgehead atoms. The highest BCUT2D eigenvalue weighted by Gasteiger charge is 2.29. The van der Waals surface area contributed by atoms with Gasteiger partial charge in [0.15, 0.2) is 23.0 Å². The Morgan fingerprint density at radius 2 is 1.97 bits per heavy atom. The third kappa shape index (κ3) is 4.36. The van der Waals surface area contributed by atoms with Crippen molar-refractivity contribution in [2.24, 2.45) is 5.92 Å². The smallest absolute Gasteiger partial charge is 0.322 e. The van der Waals surface area contributed by atoms with Crippen LogP contribution < -0.4 is 14.2 Å². The molecule has 1 aromatic carbocycles. The van der Waals surface area contributed by atoms with Gasteiger partial charge in [0.2, 0.25) is 6.79 Å². The molecule has 4 heterocycles. The average Bonchev–Trinajstić information content (AvgIpc) is 3.39. The summed E-state index contributed by atoms with van der Waals surface area (Å²) in [6.45, 7) is 7.56. The molecule has 0 radical (unpaired) electrons. The van der Waals surface area contributed by atoms with E-state index in [0.717, 1.165) is 11.1 Å². The van der Waals surface area contributed by atoms with E-state index in [9.17, 15) is 4.55 Å². The maximum atomic E-state index is 13.0. The van der Waals surface area contributed by atoms with Crippen LogP contribution in [0.1, 0.15) is 25.1 Å². The summed E-state index contributed by atoms with van der Waals surface area (Å²) in [5.74, 6) is 1.83. The van der Waals surface area contributed by atoms with Crippen molar-refractivity contribution in [3.63, 3.8) is 0 Å². The van der Waals surface area contributed by atoms with Crippen molar-refractivity contribution >= 4 is 22.2 Å². The number of hydrogen-bond acceptors (Lipinski definition) is 8. The summed E-state index contributed by atoms with van der Waals surface area (Å²) in [7, 11) is 0. The number of pyridine rings is 1. The Balaban J connectivity index is 1.26. The number of nitrogens with one attached hydrogen (secondary N) is 1. The second-order valence-electron chi connectivity index (χ2n) is 8.33. The molecule has 9 nitrogen and oxygen atoms in total. The summed E-state index contributed by atoms with van der Waals surface area (Å²) in [4.78, 5) is 12.0. The zero-order chi connectivity index (χ0) is 22.3. The number of rotatable bonds is 6. The van der Waals surface area contributed by atoms with E-state index in [0.29, 0.717) is 53.4 Å². The van der Waals surface area contributed by atoms with Crippen LogP contribution >= 0.6 is 0 Å². The topological polar surface area (TPSA) is 111 Å². The molecule has 0 saturated carbocycles. The van der Waals surface area contributed by atoms with Crippen molar-refractivity contribution in [1.82, 2.24) is 15.0 Å². The number of benzene rings is 1. The van der Waals surface area contributed by atoms with Crippen LogP contribution in [0.5, 0.6) is 17.2 Å². The molecule has 0 spiro atoms. The monoisotopic (exact) mass is 459 g/mol. The minimum Gasteiger partial charge on any atom is -0.609 e. The first-order valence-electron chi connectivity index (χ1n) is 10.4. The van der Waals surface area contributed by atoms with Gasteiger partial charge in [-0.2, -0.15) is 4.98 Å². The van der Waals surface area contributed by atoms with Crippen LogP contribution in [0, 0.1) is 12.8 Å². The van der Waals surface area contributed by atoms with E-state index in [-0.39, 0.29) is 18.5 Å². The summed E-state index contributed by atoms with van der Waals surface area (Å²) in [5.41, 5.74) is 2.99. The van der Waals surface area contributed by atoms with Crippen LogP contribution in [0.3, 0.4) is 0 Å². The number of ether oxygens (including phenoxy) is 5. The predicted molar refractivity (Wildman–Crippen MR) is 116 cm³/mol. The Kier molecular flexibility index (Phi) is 5.62. The number of aromatic nitrogens is 3. The van der Waals surface area contributed by atoms with E-state index in [1.54, 1.807) is 12.3 Å². The quantitative estimate of drug-likeness (QED) is 0.560. The second kappa shape index (κ2) is 8.43. The molecule has 0 amide bonds. The average molecular weight is 460 g/mol. The summed E-state index contributed by atoms with van der Waals surface area (Å²) in [6, 6.07) is 5.41. The molecule has 32 heavy (non-hydrogen) atoms. The third-order valence-corrected chi connectivity index (χ3v) is 6.66. The van der Waals surface area contributed by atoms with Crippen molar-refractivity contribution in [1.29, 1.82) is 0 Å². The van der Waals surface area contributed by atoms with Gasteiger partial charge in [0, 0.05) is 41.0 Å². The van der Waals surface area contributed by atoms with Crippen molar-refractivity contribution in [2.75, 3.05) is 26.6 Å². The molecule has 10 heteroatoms. The lowest BCUT2D eigenvalue weighted by molar-refractivity contribution is -0.264. The Morgan fingerprint density at radius 1 is 1.22 bits per heavy atom. The Hall–Kier alpha value is -2.53. The summed E-state index contributed by atoms with van der Waals surface area (Å²) in [6.07, 6.45) is 1.67. The molecule has 1 fully saturated rings. The fourth-order valence-electron chi connectivity index (χ4n) is 3.57. The molecular formula is C22H25N3O6S. The molecule has 2 aliphatic rings. The summed E-state index contributed by atoms with van der Waals surface area (Å²) in [5, 5.41) is 0.385. The molecule has 5 rings (SSSR count). The summed E-state index contributed by atoms with van der Waals surface area (Å²) >= 11 is -1.41. The molecule has 2 aromatic heterocycles. The highest BCUT2D eigenvalue weighted by molar-refractivity contribution is 7.90. The highest BCUT2D eigenvalue weighted by Crippen LogP contribution is 2.36. The predicted octanol–water partition coefficient (Wildman–Crippen LogP) is 3.08. The molecule has 0 aliphatic carbocycles.